The molecule has 0 aliphatic rings. The van der Waals surface area contributed by atoms with Crippen molar-refractivity contribution in [3.8, 4) is 0 Å². The van der Waals surface area contributed by atoms with Gasteiger partial charge in [-0.15, -0.1) is 0 Å². The van der Waals surface area contributed by atoms with Crippen LogP contribution in [-0.4, -0.2) is 8.42 Å². The molecule has 0 heterocycles. The van der Waals surface area contributed by atoms with Crippen LogP contribution < -0.4 is 10.5 Å². The lowest BCUT2D eigenvalue weighted by Gasteiger charge is -2.12. The van der Waals surface area contributed by atoms with E-state index in [-0.39, 0.29) is 11.4 Å². The summed E-state index contributed by atoms with van der Waals surface area (Å²) in [6.07, 6.45) is 0. The second-order valence-corrected chi connectivity index (χ2v) is 5.79. The minimum atomic E-state index is -4.17. The van der Waals surface area contributed by atoms with Gasteiger partial charge in [0.05, 0.1) is 10.6 Å². The minimum Gasteiger partial charge on any atom is -0.326 e. The minimum absolute atomic E-state index is 0.0443. The topological polar surface area (TPSA) is 72.2 Å². The van der Waals surface area contributed by atoms with Crippen molar-refractivity contribution in [1.82, 2.24) is 0 Å². The highest BCUT2D eigenvalue weighted by molar-refractivity contribution is 7.92. The van der Waals surface area contributed by atoms with Gasteiger partial charge >= 0.3 is 0 Å². The molecule has 0 spiro atoms. The predicted octanol–water partition coefficient (Wildman–Crippen LogP) is 2.36. The maximum atomic E-state index is 13.5. The Hall–Kier alpha value is -2.06. The summed E-state index contributed by atoms with van der Waals surface area (Å²) in [5, 5.41) is 0. The van der Waals surface area contributed by atoms with E-state index in [4.69, 9.17) is 5.73 Å². The average molecular weight is 316 g/mol. The lowest BCUT2D eigenvalue weighted by atomic mass is 10.2. The van der Waals surface area contributed by atoms with Crippen molar-refractivity contribution < 1.29 is 21.6 Å². The summed E-state index contributed by atoms with van der Waals surface area (Å²) >= 11 is 0. The molecule has 0 atom stereocenters. The van der Waals surface area contributed by atoms with E-state index in [0.717, 1.165) is 6.07 Å². The molecule has 0 unspecified atom stereocenters. The fourth-order valence-corrected chi connectivity index (χ4v) is 3.05. The van der Waals surface area contributed by atoms with Gasteiger partial charge in [-0.25, -0.2) is 21.6 Å². The SMILES string of the molecule is NCc1ccccc1S(=O)(=O)Nc1ccc(F)c(F)c1F. The molecule has 0 bridgehead atoms. The third-order valence-electron chi connectivity index (χ3n) is 2.76. The monoisotopic (exact) mass is 316 g/mol. The molecule has 2 aromatic carbocycles. The van der Waals surface area contributed by atoms with E-state index in [2.05, 4.69) is 0 Å². The van der Waals surface area contributed by atoms with Gasteiger partial charge < -0.3 is 5.73 Å². The Balaban J connectivity index is 2.45. The summed E-state index contributed by atoms with van der Waals surface area (Å²) in [6, 6.07) is 7.27. The van der Waals surface area contributed by atoms with Crippen LogP contribution in [-0.2, 0) is 16.6 Å². The Morgan fingerprint density at radius 3 is 2.33 bits per heavy atom. The summed E-state index contributed by atoms with van der Waals surface area (Å²) in [5.74, 6) is -4.76. The highest BCUT2D eigenvalue weighted by Gasteiger charge is 2.21. The van der Waals surface area contributed by atoms with Crippen LogP contribution in [0.5, 0.6) is 0 Å². The number of halogens is 3. The third kappa shape index (κ3) is 3.01. The Kier molecular flexibility index (Phi) is 4.19. The number of hydrogen-bond donors (Lipinski definition) is 2. The van der Waals surface area contributed by atoms with Gasteiger partial charge in [-0.3, -0.25) is 4.72 Å². The zero-order valence-electron chi connectivity index (χ0n) is 10.6. The van der Waals surface area contributed by atoms with E-state index in [1.54, 1.807) is 6.07 Å². The van der Waals surface area contributed by atoms with Gasteiger partial charge in [0.15, 0.2) is 17.5 Å². The van der Waals surface area contributed by atoms with Crippen molar-refractivity contribution in [2.75, 3.05) is 4.72 Å². The molecule has 0 amide bonds. The Bertz CT molecular complexity index is 779. The van der Waals surface area contributed by atoms with E-state index in [1.165, 1.54) is 18.2 Å². The Morgan fingerprint density at radius 2 is 1.67 bits per heavy atom. The second kappa shape index (κ2) is 5.74. The van der Waals surface area contributed by atoms with E-state index >= 15 is 0 Å². The largest absolute Gasteiger partial charge is 0.326 e. The van der Waals surface area contributed by atoms with Crippen molar-refractivity contribution in [3.63, 3.8) is 0 Å². The molecule has 21 heavy (non-hydrogen) atoms. The predicted molar refractivity (Wildman–Crippen MR) is 71.5 cm³/mol. The summed E-state index contributed by atoms with van der Waals surface area (Å²) in [6.45, 7) is -0.0443. The molecule has 8 heteroatoms. The first-order valence-electron chi connectivity index (χ1n) is 5.81. The van der Waals surface area contributed by atoms with Gasteiger partial charge in [0.2, 0.25) is 0 Å². The highest BCUT2D eigenvalue weighted by Crippen LogP contribution is 2.24. The molecular formula is C13H11F3N2O2S. The van der Waals surface area contributed by atoms with Crippen molar-refractivity contribution in [1.29, 1.82) is 0 Å². The quantitative estimate of drug-likeness (QED) is 0.851. The second-order valence-electron chi connectivity index (χ2n) is 4.14. The number of nitrogens with one attached hydrogen (secondary N) is 1. The summed E-state index contributed by atoms with van der Waals surface area (Å²) in [5.41, 5.74) is 5.07. The fourth-order valence-electron chi connectivity index (χ4n) is 1.74. The van der Waals surface area contributed by atoms with Gasteiger partial charge in [0, 0.05) is 6.54 Å². The number of sulfonamides is 1. The van der Waals surface area contributed by atoms with Crippen molar-refractivity contribution >= 4 is 15.7 Å². The number of nitrogens with two attached hydrogens (primary N) is 1. The van der Waals surface area contributed by atoms with Gasteiger partial charge in [-0.05, 0) is 23.8 Å². The summed E-state index contributed by atoms with van der Waals surface area (Å²) in [4.78, 5) is -0.156. The molecule has 0 aliphatic heterocycles. The first-order chi connectivity index (χ1) is 9.86. The number of benzene rings is 2. The molecule has 0 aromatic heterocycles. The van der Waals surface area contributed by atoms with Crippen LogP contribution in [0, 0.1) is 17.5 Å². The van der Waals surface area contributed by atoms with Gasteiger partial charge in [0.1, 0.15) is 0 Å². The molecule has 112 valence electrons. The van der Waals surface area contributed by atoms with E-state index in [9.17, 15) is 21.6 Å². The fraction of sp³-hybridized carbons (Fsp3) is 0.0769. The lowest BCUT2D eigenvalue weighted by Crippen LogP contribution is -2.17. The average Bonchev–Trinajstić information content (AvgIpc) is 2.48. The Morgan fingerprint density at radius 1 is 1.00 bits per heavy atom. The van der Waals surface area contributed by atoms with Crippen LogP contribution >= 0.6 is 0 Å². The molecular weight excluding hydrogens is 305 g/mol. The van der Waals surface area contributed by atoms with Crippen molar-refractivity contribution in [2.45, 2.75) is 11.4 Å². The van der Waals surface area contributed by atoms with Gasteiger partial charge in [-0.2, -0.15) is 0 Å². The maximum absolute atomic E-state index is 13.5. The standard InChI is InChI=1S/C13H11F3N2O2S/c14-9-5-6-10(13(16)12(9)15)18-21(19,20)11-4-2-1-3-8(11)7-17/h1-6,18H,7,17H2. The van der Waals surface area contributed by atoms with Crippen LogP contribution in [0.4, 0.5) is 18.9 Å². The molecule has 2 aromatic rings. The Labute approximate surface area is 119 Å². The van der Waals surface area contributed by atoms with Crippen LogP contribution in [0.1, 0.15) is 5.56 Å². The van der Waals surface area contributed by atoms with Crippen molar-refractivity contribution in [2.24, 2.45) is 5.73 Å². The van der Waals surface area contributed by atoms with Crippen LogP contribution in [0.2, 0.25) is 0 Å². The van der Waals surface area contributed by atoms with Crippen molar-refractivity contribution in [3.05, 3.63) is 59.4 Å². The molecule has 3 N–H and O–H groups in total. The molecule has 0 saturated carbocycles. The van der Waals surface area contributed by atoms with E-state index in [1.807, 2.05) is 4.72 Å². The molecule has 0 aliphatic carbocycles. The maximum Gasteiger partial charge on any atom is 0.262 e. The number of hydrogen-bond acceptors (Lipinski definition) is 3. The first-order valence-corrected chi connectivity index (χ1v) is 7.29. The van der Waals surface area contributed by atoms with Crippen LogP contribution in [0.15, 0.2) is 41.3 Å². The van der Waals surface area contributed by atoms with Crippen LogP contribution in [0.25, 0.3) is 0 Å². The van der Waals surface area contributed by atoms with E-state index in [0.29, 0.717) is 11.6 Å². The van der Waals surface area contributed by atoms with Gasteiger partial charge in [-0.1, -0.05) is 18.2 Å². The number of anilines is 1. The highest BCUT2D eigenvalue weighted by atomic mass is 32.2. The molecule has 0 fully saturated rings. The third-order valence-corrected chi connectivity index (χ3v) is 4.23. The number of rotatable bonds is 4. The zero-order chi connectivity index (χ0) is 15.6. The molecule has 4 nitrogen and oxygen atoms in total. The van der Waals surface area contributed by atoms with Gasteiger partial charge in [0.25, 0.3) is 10.0 Å². The molecule has 2 rings (SSSR count). The van der Waals surface area contributed by atoms with E-state index < -0.39 is 33.2 Å². The molecule has 0 saturated heterocycles. The summed E-state index contributed by atoms with van der Waals surface area (Å²) in [7, 11) is -4.17. The summed E-state index contributed by atoms with van der Waals surface area (Å²) < 4.78 is 65.7. The lowest BCUT2D eigenvalue weighted by molar-refractivity contribution is 0.449. The smallest absolute Gasteiger partial charge is 0.262 e. The first kappa shape index (κ1) is 15.3. The molecule has 0 radical (unpaired) electrons. The zero-order valence-corrected chi connectivity index (χ0v) is 11.4. The normalized spacial score (nSPS) is 11.4. The van der Waals surface area contributed by atoms with Crippen LogP contribution in [0.3, 0.4) is 0 Å².